The van der Waals surface area contributed by atoms with Crippen LogP contribution in [0.1, 0.15) is 17.4 Å². The van der Waals surface area contributed by atoms with E-state index in [0.717, 1.165) is 22.2 Å². The van der Waals surface area contributed by atoms with Gasteiger partial charge in [-0.05, 0) is 25.1 Å². The summed E-state index contributed by atoms with van der Waals surface area (Å²) < 4.78 is 6.91. The van der Waals surface area contributed by atoms with E-state index in [1.54, 1.807) is 17.5 Å². The number of fused-ring (bicyclic) bond motifs is 3. The zero-order chi connectivity index (χ0) is 16.5. The highest BCUT2D eigenvalue weighted by Crippen LogP contribution is 2.25. The Morgan fingerprint density at radius 3 is 2.62 bits per heavy atom. The van der Waals surface area contributed by atoms with Crippen molar-refractivity contribution in [3.8, 4) is 11.3 Å². The highest BCUT2D eigenvalue weighted by atomic mass is 16.5. The van der Waals surface area contributed by atoms with E-state index >= 15 is 0 Å². The number of rotatable bonds is 3. The second-order valence-electron chi connectivity index (χ2n) is 5.37. The van der Waals surface area contributed by atoms with Crippen molar-refractivity contribution in [2.75, 3.05) is 6.61 Å². The van der Waals surface area contributed by atoms with E-state index in [9.17, 15) is 4.79 Å². The molecule has 0 saturated heterocycles. The third kappa shape index (κ3) is 2.31. The molecule has 4 aromatic rings. The van der Waals surface area contributed by atoms with Crippen LogP contribution < -0.4 is 0 Å². The van der Waals surface area contributed by atoms with E-state index in [1.165, 1.54) is 0 Å². The molecule has 0 unspecified atom stereocenters. The summed E-state index contributed by atoms with van der Waals surface area (Å²) in [5.41, 5.74) is 3.54. The van der Waals surface area contributed by atoms with Gasteiger partial charge in [-0.25, -0.2) is 14.3 Å². The number of carbonyl (C=O) groups is 1. The molecule has 2 heterocycles. The summed E-state index contributed by atoms with van der Waals surface area (Å²) in [6, 6.07) is 19.3. The first-order valence-corrected chi connectivity index (χ1v) is 7.79. The van der Waals surface area contributed by atoms with Gasteiger partial charge in [-0.3, -0.25) is 0 Å². The lowest BCUT2D eigenvalue weighted by Gasteiger charge is -2.08. The normalized spacial score (nSPS) is 11.0. The van der Waals surface area contributed by atoms with Gasteiger partial charge in [0.1, 0.15) is 0 Å². The summed E-state index contributed by atoms with van der Waals surface area (Å²) in [4.78, 5) is 16.7. The van der Waals surface area contributed by atoms with Crippen LogP contribution >= 0.6 is 0 Å². The van der Waals surface area contributed by atoms with Crippen molar-refractivity contribution < 1.29 is 9.53 Å². The maximum atomic E-state index is 12.2. The van der Waals surface area contributed by atoms with Crippen molar-refractivity contribution >= 4 is 22.5 Å². The summed E-state index contributed by atoms with van der Waals surface area (Å²) in [6.07, 6.45) is 0. The fourth-order valence-electron chi connectivity index (χ4n) is 2.76. The quantitative estimate of drug-likeness (QED) is 0.540. The average Bonchev–Trinajstić information content (AvgIpc) is 3.00. The molecule has 4 rings (SSSR count). The van der Waals surface area contributed by atoms with Crippen LogP contribution in [-0.2, 0) is 4.74 Å². The molecule has 0 spiro atoms. The predicted molar refractivity (Wildman–Crippen MR) is 91.9 cm³/mol. The molecule has 2 aromatic heterocycles. The van der Waals surface area contributed by atoms with Crippen LogP contribution in [0.4, 0.5) is 0 Å². The maximum absolute atomic E-state index is 12.2. The third-order valence-electron chi connectivity index (χ3n) is 3.84. The van der Waals surface area contributed by atoms with Crippen LogP contribution in [0.5, 0.6) is 0 Å². The van der Waals surface area contributed by atoms with Crippen molar-refractivity contribution in [1.29, 1.82) is 0 Å². The molecule has 0 radical (unpaired) electrons. The minimum Gasteiger partial charge on any atom is -0.461 e. The van der Waals surface area contributed by atoms with E-state index in [1.807, 2.05) is 54.6 Å². The molecule has 0 saturated carbocycles. The summed E-state index contributed by atoms with van der Waals surface area (Å²) in [5.74, 6) is -0.428. The molecule has 0 aliphatic heterocycles. The Labute approximate surface area is 138 Å². The lowest BCUT2D eigenvalue weighted by atomic mass is 10.1. The number of hydrogen-bond acceptors (Lipinski definition) is 4. The van der Waals surface area contributed by atoms with Crippen molar-refractivity contribution in [2.24, 2.45) is 0 Å². The number of ether oxygens (including phenoxy) is 1. The van der Waals surface area contributed by atoms with Crippen LogP contribution in [0.2, 0.25) is 0 Å². The van der Waals surface area contributed by atoms with Gasteiger partial charge >= 0.3 is 5.97 Å². The smallest absolute Gasteiger partial charge is 0.357 e. The minimum absolute atomic E-state index is 0.286. The van der Waals surface area contributed by atoms with Crippen LogP contribution in [-0.4, -0.2) is 27.2 Å². The highest BCUT2D eigenvalue weighted by Gasteiger charge is 2.17. The fraction of sp³-hybridized carbons (Fsp3) is 0.105. The minimum atomic E-state index is -0.428. The van der Waals surface area contributed by atoms with Gasteiger partial charge in [-0.1, -0.05) is 42.5 Å². The van der Waals surface area contributed by atoms with Crippen LogP contribution in [0.15, 0.2) is 60.7 Å². The first-order valence-electron chi connectivity index (χ1n) is 7.79. The molecular formula is C19H15N3O2. The largest absolute Gasteiger partial charge is 0.461 e. The van der Waals surface area contributed by atoms with Gasteiger partial charge in [0.25, 0.3) is 0 Å². The van der Waals surface area contributed by atoms with Crippen molar-refractivity contribution in [2.45, 2.75) is 6.92 Å². The first-order chi connectivity index (χ1) is 11.8. The van der Waals surface area contributed by atoms with Gasteiger partial charge in [0.15, 0.2) is 11.3 Å². The van der Waals surface area contributed by atoms with E-state index < -0.39 is 5.97 Å². The molecule has 0 aliphatic carbocycles. The topological polar surface area (TPSA) is 56.5 Å². The Balaban J connectivity index is 2.06. The SMILES string of the molecule is CCOC(=O)c1cc(-c2ccccc2)n2nc3ccccc3c2n1. The average molecular weight is 317 g/mol. The molecule has 2 aromatic carbocycles. The Hall–Kier alpha value is -3.21. The van der Waals surface area contributed by atoms with Crippen LogP contribution in [0, 0.1) is 0 Å². The number of esters is 1. The lowest BCUT2D eigenvalue weighted by molar-refractivity contribution is 0.0519. The summed E-state index contributed by atoms with van der Waals surface area (Å²) >= 11 is 0. The van der Waals surface area contributed by atoms with Crippen LogP contribution in [0.25, 0.3) is 27.8 Å². The third-order valence-corrected chi connectivity index (χ3v) is 3.84. The van der Waals surface area contributed by atoms with E-state index in [-0.39, 0.29) is 5.69 Å². The van der Waals surface area contributed by atoms with Gasteiger partial charge in [0, 0.05) is 10.9 Å². The van der Waals surface area contributed by atoms with E-state index in [0.29, 0.717) is 12.3 Å². The Kier molecular flexibility index (Phi) is 3.46. The van der Waals surface area contributed by atoms with Gasteiger partial charge in [-0.2, -0.15) is 5.10 Å². The summed E-state index contributed by atoms with van der Waals surface area (Å²) in [5, 5.41) is 5.54. The number of hydrogen-bond donors (Lipinski definition) is 0. The van der Waals surface area contributed by atoms with Gasteiger partial charge < -0.3 is 4.74 Å². The zero-order valence-electron chi connectivity index (χ0n) is 13.1. The monoisotopic (exact) mass is 317 g/mol. The molecule has 0 amide bonds. The van der Waals surface area contributed by atoms with E-state index in [2.05, 4.69) is 10.1 Å². The first kappa shape index (κ1) is 14.4. The second kappa shape index (κ2) is 5.77. The lowest BCUT2D eigenvalue weighted by Crippen LogP contribution is -2.09. The number of nitrogens with zero attached hydrogens (tertiary/aromatic N) is 3. The Morgan fingerprint density at radius 1 is 1.08 bits per heavy atom. The molecule has 24 heavy (non-hydrogen) atoms. The predicted octanol–water partition coefficient (Wildman–Crippen LogP) is 3.73. The van der Waals surface area contributed by atoms with E-state index in [4.69, 9.17) is 4.74 Å². The maximum Gasteiger partial charge on any atom is 0.357 e. The van der Waals surface area contributed by atoms with Crippen molar-refractivity contribution in [3.63, 3.8) is 0 Å². The van der Waals surface area contributed by atoms with Crippen molar-refractivity contribution in [1.82, 2.24) is 14.6 Å². The zero-order valence-corrected chi connectivity index (χ0v) is 13.1. The summed E-state index contributed by atoms with van der Waals surface area (Å²) in [7, 11) is 0. The number of aromatic nitrogens is 3. The Bertz CT molecular complexity index is 1040. The van der Waals surface area contributed by atoms with Crippen molar-refractivity contribution in [3.05, 3.63) is 66.4 Å². The molecule has 0 aliphatic rings. The molecule has 118 valence electrons. The van der Waals surface area contributed by atoms with Gasteiger partial charge in [0.2, 0.25) is 0 Å². The molecular weight excluding hydrogens is 302 g/mol. The molecule has 0 N–H and O–H groups in total. The molecule has 0 atom stereocenters. The molecule has 0 bridgehead atoms. The molecule has 0 fully saturated rings. The van der Waals surface area contributed by atoms with Gasteiger partial charge in [-0.15, -0.1) is 0 Å². The number of benzene rings is 2. The standard InChI is InChI=1S/C19H15N3O2/c1-2-24-19(23)16-12-17(13-8-4-3-5-9-13)22-18(20-16)14-10-6-7-11-15(14)21-22/h3-12H,2H2,1H3. The summed E-state index contributed by atoms with van der Waals surface area (Å²) in [6.45, 7) is 2.09. The van der Waals surface area contributed by atoms with Crippen LogP contribution in [0.3, 0.4) is 0 Å². The van der Waals surface area contributed by atoms with Gasteiger partial charge in [0.05, 0.1) is 17.8 Å². The second-order valence-corrected chi connectivity index (χ2v) is 5.37. The number of carbonyl (C=O) groups excluding carboxylic acids is 1. The molecule has 5 nitrogen and oxygen atoms in total. The highest BCUT2D eigenvalue weighted by molar-refractivity contribution is 5.96. The Morgan fingerprint density at radius 2 is 1.83 bits per heavy atom. The fourth-order valence-corrected chi connectivity index (χ4v) is 2.76. The molecule has 5 heteroatoms.